The standard InChI is InChI=1S/C13H16O5/c1-16-10-6-9-7(4-5-8(9)13(14)15)11(17-2)12(10)18-3/h6,8H,4-5H2,1-3H3,(H,14,15)/t8-/m1/s1. The lowest BCUT2D eigenvalue weighted by Gasteiger charge is -2.16. The summed E-state index contributed by atoms with van der Waals surface area (Å²) in [5.41, 5.74) is 1.67. The van der Waals surface area contributed by atoms with E-state index >= 15 is 0 Å². The Morgan fingerprint density at radius 2 is 1.89 bits per heavy atom. The van der Waals surface area contributed by atoms with Crippen LogP contribution < -0.4 is 14.2 Å². The summed E-state index contributed by atoms with van der Waals surface area (Å²) in [7, 11) is 4.61. The molecule has 1 N–H and O–H groups in total. The lowest BCUT2D eigenvalue weighted by Crippen LogP contribution is -2.08. The molecule has 0 bridgehead atoms. The second kappa shape index (κ2) is 4.76. The molecule has 1 aliphatic carbocycles. The van der Waals surface area contributed by atoms with E-state index in [1.54, 1.807) is 13.2 Å². The summed E-state index contributed by atoms with van der Waals surface area (Å²) < 4.78 is 15.9. The van der Waals surface area contributed by atoms with Crippen molar-refractivity contribution in [3.8, 4) is 17.2 Å². The van der Waals surface area contributed by atoms with Crippen LogP contribution in [-0.4, -0.2) is 32.4 Å². The van der Waals surface area contributed by atoms with Gasteiger partial charge in [-0.05, 0) is 24.5 Å². The number of aliphatic carboxylic acids is 1. The molecule has 0 spiro atoms. The molecule has 1 aliphatic rings. The predicted molar refractivity (Wildman–Crippen MR) is 64.8 cm³/mol. The van der Waals surface area contributed by atoms with E-state index in [2.05, 4.69) is 0 Å². The van der Waals surface area contributed by atoms with Crippen molar-refractivity contribution < 1.29 is 24.1 Å². The zero-order valence-corrected chi connectivity index (χ0v) is 10.6. The van der Waals surface area contributed by atoms with Gasteiger partial charge in [0.2, 0.25) is 5.75 Å². The van der Waals surface area contributed by atoms with Crippen LogP contribution in [0.15, 0.2) is 6.07 Å². The van der Waals surface area contributed by atoms with Gasteiger partial charge >= 0.3 is 5.97 Å². The molecular weight excluding hydrogens is 236 g/mol. The predicted octanol–water partition coefficient (Wildman–Crippen LogP) is 1.83. The van der Waals surface area contributed by atoms with Crippen molar-refractivity contribution in [2.75, 3.05) is 21.3 Å². The molecule has 1 atom stereocenters. The van der Waals surface area contributed by atoms with Crippen molar-refractivity contribution in [3.05, 3.63) is 17.2 Å². The third-order valence-corrected chi connectivity index (χ3v) is 3.32. The fourth-order valence-electron chi connectivity index (χ4n) is 2.50. The highest BCUT2D eigenvalue weighted by Crippen LogP contribution is 2.48. The minimum Gasteiger partial charge on any atom is -0.493 e. The molecule has 1 aromatic rings. The van der Waals surface area contributed by atoms with E-state index in [-0.39, 0.29) is 0 Å². The molecule has 1 aromatic carbocycles. The van der Waals surface area contributed by atoms with Crippen molar-refractivity contribution in [1.82, 2.24) is 0 Å². The second-order valence-electron chi connectivity index (χ2n) is 4.14. The van der Waals surface area contributed by atoms with Gasteiger partial charge in [-0.3, -0.25) is 4.79 Å². The molecule has 18 heavy (non-hydrogen) atoms. The molecule has 0 saturated heterocycles. The van der Waals surface area contributed by atoms with Crippen LogP contribution in [0, 0.1) is 0 Å². The van der Waals surface area contributed by atoms with Crippen LogP contribution in [0.3, 0.4) is 0 Å². The Morgan fingerprint density at radius 1 is 1.22 bits per heavy atom. The van der Waals surface area contributed by atoms with Gasteiger partial charge in [0.25, 0.3) is 0 Å². The first-order chi connectivity index (χ1) is 8.63. The molecule has 0 unspecified atom stereocenters. The number of benzene rings is 1. The number of ether oxygens (including phenoxy) is 3. The SMILES string of the molecule is COc1cc2c(c(OC)c1OC)CC[C@H]2C(=O)O. The zero-order chi connectivity index (χ0) is 13.3. The Kier molecular flexibility index (Phi) is 3.32. The first-order valence-corrected chi connectivity index (χ1v) is 5.68. The first-order valence-electron chi connectivity index (χ1n) is 5.68. The number of hydrogen-bond donors (Lipinski definition) is 1. The molecular formula is C13H16O5. The van der Waals surface area contributed by atoms with Crippen LogP contribution >= 0.6 is 0 Å². The zero-order valence-electron chi connectivity index (χ0n) is 10.6. The van der Waals surface area contributed by atoms with E-state index in [1.807, 2.05) is 0 Å². The van der Waals surface area contributed by atoms with E-state index in [0.29, 0.717) is 30.1 Å². The molecule has 0 heterocycles. The molecule has 0 amide bonds. The Morgan fingerprint density at radius 3 is 2.39 bits per heavy atom. The molecule has 98 valence electrons. The number of carboxylic acids is 1. The van der Waals surface area contributed by atoms with E-state index in [0.717, 1.165) is 11.1 Å². The quantitative estimate of drug-likeness (QED) is 0.885. The summed E-state index contributed by atoms with van der Waals surface area (Å²) >= 11 is 0. The van der Waals surface area contributed by atoms with Crippen LogP contribution in [0.4, 0.5) is 0 Å². The lowest BCUT2D eigenvalue weighted by atomic mass is 10.0. The number of hydrogen-bond acceptors (Lipinski definition) is 4. The van der Waals surface area contributed by atoms with E-state index in [1.165, 1.54) is 14.2 Å². The molecule has 5 nitrogen and oxygen atoms in total. The molecule has 0 aromatic heterocycles. The van der Waals surface area contributed by atoms with Gasteiger partial charge in [-0.25, -0.2) is 0 Å². The van der Waals surface area contributed by atoms with Gasteiger partial charge in [0.05, 0.1) is 27.2 Å². The van der Waals surface area contributed by atoms with Crippen molar-refractivity contribution in [3.63, 3.8) is 0 Å². The second-order valence-corrected chi connectivity index (χ2v) is 4.14. The Hall–Kier alpha value is -1.91. The van der Waals surface area contributed by atoms with E-state index < -0.39 is 11.9 Å². The van der Waals surface area contributed by atoms with Crippen molar-refractivity contribution in [1.29, 1.82) is 0 Å². The third-order valence-electron chi connectivity index (χ3n) is 3.32. The number of rotatable bonds is 4. The maximum absolute atomic E-state index is 11.2. The van der Waals surface area contributed by atoms with E-state index in [9.17, 15) is 9.90 Å². The molecule has 0 saturated carbocycles. The summed E-state index contributed by atoms with van der Waals surface area (Å²) in [6.45, 7) is 0. The smallest absolute Gasteiger partial charge is 0.310 e. The summed E-state index contributed by atoms with van der Waals surface area (Å²) in [6, 6.07) is 1.74. The van der Waals surface area contributed by atoms with Gasteiger partial charge in [0, 0.05) is 5.56 Å². The Balaban J connectivity index is 2.63. The monoisotopic (exact) mass is 252 g/mol. The highest BCUT2D eigenvalue weighted by atomic mass is 16.5. The number of fused-ring (bicyclic) bond motifs is 1. The first kappa shape index (κ1) is 12.5. The Labute approximate surface area is 105 Å². The molecule has 0 fully saturated rings. The Bertz CT molecular complexity index is 481. The molecule has 0 aliphatic heterocycles. The normalized spacial score (nSPS) is 17.2. The van der Waals surface area contributed by atoms with Gasteiger partial charge in [-0.15, -0.1) is 0 Å². The van der Waals surface area contributed by atoms with Crippen LogP contribution in [0.2, 0.25) is 0 Å². The van der Waals surface area contributed by atoms with Crippen LogP contribution in [-0.2, 0) is 11.2 Å². The van der Waals surface area contributed by atoms with Crippen molar-refractivity contribution >= 4 is 5.97 Å². The highest BCUT2D eigenvalue weighted by molar-refractivity contribution is 5.79. The highest BCUT2D eigenvalue weighted by Gasteiger charge is 2.33. The van der Waals surface area contributed by atoms with Gasteiger partial charge in [-0.1, -0.05) is 0 Å². The summed E-state index contributed by atoms with van der Waals surface area (Å²) in [5, 5.41) is 9.20. The van der Waals surface area contributed by atoms with Crippen molar-refractivity contribution in [2.24, 2.45) is 0 Å². The van der Waals surface area contributed by atoms with E-state index in [4.69, 9.17) is 14.2 Å². The summed E-state index contributed by atoms with van der Waals surface area (Å²) in [5.74, 6) is 0.290. The lowest BCUT2D eigenvalue weighted by molar-refractivity contribution is -0.138. The third kappa shape index (κ3) is 1.75. The van der Waals surface area contributed by atoms with Crippen molar-refractivity contribution in [2.45, 2.75) is 18.8 Å². The largest absolute Gasteiger partial charge is 0.493 e. The fourth-order valence-corrected chi connectivity index (χ4v) is 2.50. The summed E-state index contributed by atoms with van der Waals surface area (Å²) in [6.07, 6.45) is 1.26. The molecule has 5 heteroatoms. The van der Waals surface area contributed by atoms with Gasteiger partial charge < -0.3 is 19.3 Å². The minimum atomic E-state index is -0.817. The summed E-state index contributed by atoms with van der Waals surface area (Å²) in [4.78, 5) is 11.2. The van der Waals surface area contributed by atoms with Crippen LogP contribution in [0.1, 0.15) is 23.5 Å². The van der Waals surface area contributed by atoms with Crippen LogP contribution in [0.25, 0.3) is 0 Å². The average Bonchev–Trinajstić information content (AvgIpc) is 2.79. The van der Waals surface area contributed by atoms with Gasteiger partial charge in [0.15, 0.2) is 11.5 Å². The average molecular weight is 252 g/mol. The van der Waals surface area contributed by atoms with Gasteiger partial charge in [0.1, 0.15) is 0 Å². The number of methoxy groups -OCH3 is 3. The minimum absolute atomic E-state index is 0.492. The maximum atomic E-state index is 11.2. The molecule has 0 radical (unpaired) electrons. The maximum Gasteiger partial charge on any atom is 0.310 e. The topological polar surface area (TPSA) is 65.0 Å². The number of carboxylic acid groups (broad SMARTS) is 1. The van der Waals surface area contributed by atoms with Gasteiger partial charge in [-0.2, -0.15) is 0 Å². The number of carbonyl (C=O) groups is 1. The fraction of sp³-hybridized carbons (Fsp3) is 0.462. The molecule has 2 rings (SSSR count). The van der Waals surface area contributed by atoms with Crippen LogP contribution in [0.5, 0.6) is 17.2 Å².